The van der Waals surface area contributed by atoms with Crippen LogP contribution in [-0.4, -0.2) is 21.6 Å². The summed E-state index contributed by atoms with van der Waals surface area (Å²) in [4.78, 5) is 19.3. The highest BCUT2D eigenvalue weighted by molar-refractivity contribution is 7.53. The van der Waals surface area contributed by atoms with Gasteiger partial charge in [0.1, 0.15) is 5.28 Å². The molecule has 0 bridgehead atoms. The van der Waals surface area contributed by atoms with Crippen LogP contribution < -0.4 is 5.32 Å². The van der Waals surface area contributed by atoms with Crippen molar-refractivity contribution in [2.24, 2.45) is 5.92 Å². The number of rotatable bonds is 11. The molecule has 0 aliphatic carbocycles. The normalized spacial score (nSPS) is 17.2. The van der Waals surface area contributed by atoms with E-state index in [0.29, 0.717) is 25.3 Å². The molecule has 3 N–H and O–H groups in total. The minimum absolute atomic E-state index is 0.468. The molecule has 0 aromatic heterocycles. The fourth-order valence-corrected chi connectivity index (χ4v) is 3.76. The van der Waals surface area contributed by atoms with Gasteiger partial charge in [-0.3, -0.25) is 4.57 Å². The lowest BCUT2D eigenvalue weighted by Gasteiger charge is -2.35. The van der Waals surface area contributed by atoms with E-state index in [1.807, 2.05) is 13.8 Å². The Hall–Kier alpha value is 0.110. The second-order valence-electron chi connectivity index (χ2n) is 5.48. The summed E-state index contributed by atoms with van der Waals surface area (Å²) in [6, 6.07) is 0. The molecule has 0 saturated carbocycles. The number of unbranched alkanes of at least 4 members (excludes halogenated alkanes) is 1. The van der Waals surface area contributed by atoms with Crippen LogP contribution >= 0.6 is 7.60 Å². The van der Waals surface area contributed by atoms with Crippen LogP contribution in [-0.2, 0) is 4.57 Å². The Bertz CT molecular complexity index is 280. The molecule has 0 aromatic rings. The summed E-state index contributed by atoms with van der Waals surface area (Å²) in [5.41, 5.74) is 0. The molecule has 0 aromatic carbocycles. The molecule has 0 rings (SSSR count). The highest BCUT2D eigenvalue weighted by Gasteiger charge is 2.44. The summed E-state index contributed by atoms with van der Waals surface area (Å²) >= 11 is 0. The van der Waals surface area contributed by atoms with Crippen LogP contribution in [0.4, 0.5) is 0 Å². The smallest absolute Gasteiger partial charge is 0.323 e. The third-order valence-corrected chi connectivity index (χ3v) is 5.88. The average molecular weight is 293 g/mol. The predicted octanol–water partition coefficient (Wildman–Crippen LogP) is 3.88. The Morgan fingerprint density at radius 2 is 1.79 bits per heavy atom. The number of nitrogens with one attached hydrogen (secondary N) is 1. The lowest BCUT2D eigenvalue weighted by atomic mass is 9.98. The second kappa shape index (κ2) is 9.12. The molecule has 5 heteroatoms. The lowest BCUT2D eigenvalue weighted by Crippen LogP contribution is -2.46. The van der Waals surface area contributed by atoms with Gasteiger partial charge in [-0.15, -0.1) is 0 Å². The first-order valence-corrected chi connectivity index (χ1v) is 9.28. The van der Waals surface area contributed by atoms with E-state index in [2.05, 4.69) is 19.2 Å². The van der Waals surface area contributed by atoms with Crippen molar-refractivity contribution in [2.75, 3.05) is 6.54 Å². The zero-order chi connectivity index (χ0) is 14.9. The Morgan fingerprint density at radius 1 is 1.16 bits per heavy atom. The molecule has 2 atom stereocenters. The highest BCUT2D eigenvalue weighted by Crippen LogP contribution is 2.53. The largest absolute Gasteiger partial charge is 0.345 e. The zero-order valence-electron chi connectivity index (χ0n) is 13.0. The first kappa shape index (κ1) is 19.1. The van der Waals surface area contributed by atoms with Gasteiger partial charge in [-0.05, 0) is 31.7 Å². The van der Waals surface area contributed by atoms with Gasteiger partial charge < -0.3 is 15.1 Å². The van der Waals surface area contributed by atoms with Gasteiger partial charge in [0, 0.05) is 0 Å². The average Bonchev–Trinajstić information content (AvgIpc) is 2.36. The summed E-state index contributed by atoms with van der Waals surface area (Å²) in [7, 11) is -4.13. The highest BCUT2D eigenvalue weighted by atomic mass is 31.2. The summed E-state index contributed by atoms with van der Waals surface area (Å²) in [6.45, 7) is 8.84. The van der Waals surface area contributed by atoms with E-state index >= 15 is 0 Å². The van der Waals surface area contributed by atoms with Gasteiger partial charge in [0.25, 0.3) is 0 Å². The molecule has 0 heterocycles. The van der Waals surface area contributed by atoms with Gasteiger partial charge in [0.15, 0.2) is 0 Å². The fraction of sp³-hybridized carbons (Fsp3) is 1.00. The van der Waals surface area contributed by atoms with E-state index in [1.165, 1.54) is 12.8 Å². The molecule has 19 heavy (non-hydrogen) atoms. The van der Waals surface area contributed by atoms with Crippen molar-refractivity contribution in [1.29, 1.82) is 0 Å². The van der Waals surface area contributed by atoms with Crippen molar-refractivity contribution in [3.63, 3.8) is 0 Å². The van der Waals surface area contributed by atoms with E-state index in [4.69, 9.17) is 0 Å². The molecule has 0 aliphatic rings. The van der Waals surface area contributed by atoms with Crippen LogP contribution in [0.3, 0.4) is 0 Å². The van der Waals surface area contributed by atoms with E-state index in [-0.39, 0.29) is 0 Å². The molecular weight excluding hydrogens is 261 g/mol. The monoisotopic (exact) mass is 293 g/mol. The van der Waals surface area contributed by atoms with Crippen molar-refractivity contribution < 1.29 is 14.4 Å². The summed E-state index contributed by atoms with van der Waals surface area (Å²) in [6.07, 6.45) is 6.31. The SMILES string of the molecule is CCCCC(CC)CNC(CC)(CCC)P(=O)(O)O. The Labute approximate surface area is 118 Å². The van der Waals surface area contributed by atoms with E-state index in [1.54, 1.807) is 0 Å². The summed E-state index contributed by atoms with van der Waals surface area (Å²) in [5.74, 6) is 0.509. The van der Waals surface area contributed by atoms with Gasteiger partial charge in [-0.1, -0.05) is 53.4 Å². The molecule has 0 aliphatic heterocycles. The van der Waals surface area contributed by atoms with Gasteiger partial charge in [0.2, 0.25) is 0 Å². The van der Waals surface area contributed by atoms with Crippen LogP contribution in [0.5, 0.6) is 0 Å². The van der Waals surface area contributed by atoms with E-state index in [9.17, 15) is 14.4 Å². The third kappa shape index (κ3) is 5.95. The fourth-order valence-electron chi connectivity index (χ4n) is 2.54. The van der Waals surface area contributed by atoms with Crippen molar-refractivity contribution in [3.05, 3.63) is 0 Å². The molecule has 0 saturated heterocycles. The Balaban J connectivity index is 4.69. The maximum absolute atomic E-state index is 11.8. The molecule has 0 radical (unpaired) electrons. The molecular formula is C14H32NO3P. The van der Waals surface area contributed by atoms with E-state index in [0.717, 1.165) is 19.3 Å². The van der Waals surface area contributed by atoms with Crippen LogP contribution in [0.1, 0.15) is 72.6 Å². The molecule has 2 unspecified atom stereocenters. The van der Waals surface area contributed by atoms with Crippen LogP contribution in [0, 0.1) is 5.92 Å². The standard InChI is InChI=1S/C14H32NO3P/c1-5-9-10-13(7-3)12-15-14(8-4,11-6-2)19(16,17)18/h13,15H,5-12H2,1-4H3,(H2,16,17,18). The Morgan fingerprint density at radius 3 is 2.16 bits per heavy atom. The molecule has 4 nitrogen and oxygen atoms in total. The predicted molar refractivity (Wildman–Crippen MR) is 81.3 cm³/mol. The van der Waals surface area contributed by atoms with E-state index < -0.39 is 12.9 Å². The quantitative estimate of drug-likeness (QED) is 0.506. The first-order valence-electron chi connectivity index (χ1n) is 7.67. The zero-order valence-corrected chi connectivity index (χ0v) is 13.9. The maximum atomic E-state index is 11.8. The van der Waals surface area contributed by atoms with Gasteiger partial charge >= 0.3 is 7.60 Å². The summed E-state index contributed by atoms with van der Waals surface area (Å²) in [5, 5.41) is 2.19. The molecule has 116 valence electrons. The maximum Gasteiger partial charge on any atom is 0.345 e. The van der Waals surface area contributed by atoms with Crippen molar-refractivity contribution in [3.8, 4) is 0 Å². The van der Waals surface area contributed by atoms with Crippen molar-refractivity contribution in [2.45, 2.75) is 77.9 Å². The van der Waals surface area contributed by atoms with Crippen LogP contribution in [0.15, 0.2) is 0 Å². The molecule has 0 fully saturated rings. The first-order chi connectivity index (χ1) is 8.86. The molecule has 0 spiro atoms. The minimum atomic E-state index is -4.13. The summed E-state index contributed by atoms with van der Waals surface area (Å²) < 4.78 is 11.8. The topological polar surface area (TPSA) is 69.6 Å². The minimum Gasteiger partial charge on any atom is -0.323 e. The third-order valence-electron chi connectivity index (χ3n) is 4.07. The number of hydrogen-bond acceptors (Lipinski definition) is 2. The Kier molecular flexibility index (Phi) is 9.17. The van der Waals surface area contributed by atoms with Crippen molar-refractivity contribution in [1.82, 2.24) is 5.32 Å². The molecule has 0 amide bonds. The van der Waals surface area contributed by atoms with Crippen molar-refractivity contribution >= 4 is 7.60 Å². The van der Waals surface area contributed by atoms with Crippen LogP contribution in [0.2, 0.25) is 0 Å². The van der Waals surface area contributed by atoms with Crippen LogP contribution in [0.25, 0.3) is 0 Å². The van der Waals surface area contributed by atoms with Gasteiger partial charge in [0.05, 0.1) is 0 Å². The lowest BCUT2D eigenvalue weighted by molar-refractivity contribution is 0.262. The van der Waals surface area contributed by atoms with Gasteiger partial charge in [-0.2, -0.15) is 0 Å². The number of hydrogen-bond donors (Lipinski definition) is 3. The second-order valence-corrected chi connectivity index (χ2v) is 7.42. The van der Waals surface area contributed by atoms with Gasteiger partial charge in [-0.25, -0.2) is 0 Å².